The molecule has 0 saturated carbocycles. The van der Waals surface area contributed by atoms with Crippen molar-refractivity contribution >= 4 is 34.2 Å². The number of imidazole rings is 1. The maximum absolute atomic E-state index is 12.2. The SMILES string of the molecule is O=C(COc1cccc(NC(=O)c2ccccc2)c1)Nc1ccc2[nH]c(=O)[nH]c2c1. The molecular weight excluding hydrogens is 384 g/mol. The van der Waals surface area contributed by atoms with Gasteiger partial charge in [-0.15, -0.1) is 0 Å². The fourth-order valence-electron chi connectivity index (χ4n) is 2.91. The van der Waals surface area contributed by atoms with Gasteiger partial charge in [0.1, 0.15) is 5.75 Å². The summed E-state index contributed by atoms with van der Waals surface area (Å²) in [4.78, 5) is 41.0. The van der Waals surface area contributed by atoms with E-state index < -0.39 is 0 Å². The lowest BCUT2D eigenvalue weighted by molar-refractivity contribution is -0.118. The Bertz CT molecular complexity index is 1260. The average molecular weight is 402 g/mol. The minimum absolute atomic E-state index is 0.211. The standard InChI is InChI=1S/C22H18N4O4/c27-20(23-16-9-10-18-19(12-16)26-22(29)25-18)13-30-17-8-4-7-15(11-17)24-21(28)14-5-2-1-3-6-14/h1-12H,13H2,(H,23,27)(H,24,28)(H2,25,26,29). The van der Waals surface area contributed by atoms with Crippen LogP contribution in [0.1, 0.15) is 10.4 Å². The maximum Gasteiger partial charge on any atom is 0.323 e. The van der Waals surface area contributed by atoms with Gasteiger partial charge in [0, 0.05) is 23.0 Å². The Hall–Kier alpha value is -4.33. The van der Waals surface area contributed by atoms with Gasteiger partial charge in [-0.2, -0.15) is 0 Å². The Morgan fingerprint density at radius 3 is 2.40 bits per heavy atom. The first kappa shape index (κ1) is 19.0. The monoisotopic (exact) mass is 402 g/mol. The maximum atomic E-state index is 12.2. The van der Waals surface area contributed by atoms with Crippen molar-refractivity contribution in [2.75, 3.05) is 17.2 Å². The third kappa shape index (κ3) is 4.56. The number of benzene rings is 3. The van der Waals surface area contributed by atoms with E-state index in [1.165, 1.54) is 0 Å². The predicted octanol–water partition coefficient (Wildman–Crippen LogP) is 3.13. The van der Waals surface area contributed by atoms with Gasteiger partial charge in [-0.1, -0.05) is 24.3 Å². The predicted molar refractivity (Wildman–Crippen MR) is 114 cm³/mol. The number of carbonyl (C=O) groups excluding carboxylic acids is 2. The van der Waals surface area contributed by atoms with Gasteiger partial charge in [0.05, 0.1) is 11.0 Å². The lowest BCUT2D eigenvalue weighted by Crippen LogP contribution is -2.20. The Morgan fingerprint density at radius 2 is 1.57 bits per heavy atom. The molecule has 0 spiro atoms. The van der Waals surface area contributed by atoms with Gasteiger partial charge in [0.2, 0.25) is 0 Å². The highest BCUT2D eigenvalue weighted by Crippen LogP contribution is 2.19. The van der Waals surface area contributed by atoms with Gasteiger partial charge in [-0.25, -0.2) is 4.79 Å². The normalized spacial score (nSPS) is 10.5. The third-order valence-electron chi connectivity index (χ3n) is 4.30. The summed E-state index contributed by atoms with van der Waals surface area (Å²) < 4.78 is 5.53. The van der Waals surface area contributed by atoms with Crippen LogP contribution in [0.4, 0.5) is 11.4 Å². The van der Waals surface area contributed by atoms with E-state index in [0.29, 0.717) is 33.7 Å². The second-order valence-electron chi connectivity index (χ2n) is 6.52. The zero-order valence-corrected chi connectivity index (χ0v) is 15.8. The van der Waals surface area contributed by atoms with Crippen molar-refractivity contribution in [3.05, 3.63) is 88.8 Å². The summed E-state index contributed by atoms with van der Waals surface area (Å²) in [6.07, 6.45) is 0. The molecule has 30 heavy (non-hydrogen) atoms. The van der Waals surface area contributed by atoms with Gasteiger partial charge in [-0.05, 0) is 42.5 Å². The molecule has 0 aliphatic rings. The van der Waals surface area contributed by atoms with Crippen molar-refractivity contribution < 1.29 is 14.3 Å². The molecule has 0 radical (unpaired) electrons. The smallest absolute Gasteiger partial charge is 0.323 e. The fourth-order valence-corrected chi connectivity index (χ4v) is 2.91. The zero-order chi connectivity index (χ0) is 20.9. The number of ether oxygens (including phenoxy) is 1. The number of carbonyl (C=O) groups is 2. The van der Waals surface area contributed by atoms with Crippen molar-refractivity contribution in [2.24, 2.45) is 0 Å². The number of nitrogens with one attached hydrogen (secondary N) is 4. The molecule has 0 unspecified atom stereocenters. The molecule has 150 valence electrons. The van der Waals surface area contributed by atoms with Crippen LogP contribution in [0.15, 0.2) is 77.6 Å². The molecule has 0 aliphatic heterocycles. The number of fused-ring (bicyclic) bond motifs is 1. The Labute approximate surface area is 170 Å². The first-order valence-electron chi connectivity index (χ1n) is 9.18. The van der Waals surface area contributed by atoms with E-state index in [0.717, 1.165) is 0 Å². The number of rotatable bonds is 6. The fraction of sp³-hybridized carbons (Fsp3) is 0.0455. The lowest BCUT2D eigenvalue weighted by atomic mass is 10.2. The number of hydrogen-bond acceptors (Lipinski definition) is 4. The van der Waals surface area contributed by atoms with E-state index in [1.807, 2.05) is 6.07 Å². The van der Waals surface area contributed by atoms with Crippen molar-refractivity contribution in [1.29, 1.82) is 0 Å². The molecule has 4 rings (SSSR count). The van der Waals surface area contributed by atoms with Crippen molar-refractivity contribution in [3.8, 4) is 5.75 Å². The van der Waals surface area contributed by atoms with Crippen LogP contribution in [0, 0.1) is 0 Å². The second kappa shape index (κ2) is 8.36. The summed E-state index contributed by atoms with van der Waals surface area (Å²) in [5.41, 5.74) is 2.59. The quantitative estimate of drug-likeness (QED) is 0.396. The number of amides is 2. The van der Waals surface area contributed by atoms with Crippen LogP contribution >= 0.6 is 0 Å². The van der Waals surface area contributed by atoms with E-state index in [1.54, 1.807) is 66.7 Å². The van der Waals surface area contributed by atoms with Crippen LogP contribution in [0.5, 0.6) is 5.75 Å². The molecule has 4 aromatic rings. The highest BCUT2D eigenvalue weighted by Gasteiger charge is 2.08. The van der Waals surface area contributed by atoms with Crippen LogP contribution in [0.3, 0.4) is 0 Å². The number of H-pyrrole nitrogens is 2. The minimum atomic E-state index is -0.356. The van der Waals surface area contributed by atoms with Crippen LogP contribution in [-0.4, -0.2) is 28.4 Å². The first-order valence-corrected chi connectivity index (χ1v) is 9.18. The summed E-state index contributed by atoms with van der Waals surface area (Å²) >= 11 is 0. The summed E-state index contributed by atoms with van der Waals surface area (Å²) in [6.45, 7) is -0.211. The molecule has 0 aliphatic carbocycles. The minimum Gasteiger partial charge on any atom is -0.484 e. The number of anilines is 2. The molecule has 0 saturated heterocycles. The molecule has 3 aromatic carbocycles. The van der Waals surface area contributed by atoms with E-state index in [-0.39, 0.29) is 24.1 Å². The average Bonchev–Trinajstić information content (AvgIpc) is 3.12. The molecule has 0 bridgehead atoms. The van der Waals surface area contributed by atoms with E-state index in [4.69, 9.17) is 4.74 Å². The Morgan fingerprint density at radius 1 is 0.800 bits per heavy atom. The van der Waals surface area contributed by atoms with Crippen LogP contribution in [0.25, 0.3) is 11.0 Å². The number of aromatic nitrogens is 2. The third-order valence-corrected chi connectivity index (χ3v) is 4.30. The van der Waals surface area contributed by atoms with Crippen molar-refractivity contribution in [1.82, 2.24) is 9.97 Å². The summed E-state index contributed by atoms with van der Waals surface area (Å²) in [5, 5.41) is 5.51. The van der Waals surface area contributed by atoms with E-state index >= 15 is 0 Å². The van der Waals surface area contributed by atoms with Crippen LogP contribution in [0.2, 0.25) is 0 Å². The molecule has 0 fully saturated rings. The molecule has 0 atom stereocenters. The summed E-state index contributed by atoms with van der Waals surface area (Å²) in [7, 11) is 0. The molecule has 4 N–H and O–H groups in total. The van der Waals surface area contributed by atoms with Gasteiger partial charge >= 0.3 is 5.69 Å². The van der Waals surface area contributed by atoms with Crippen molar-refractivity contribution in [3.63, 3.8) is 0 Å². The van der Waals surface area contributed by atoms with Gasteiger partial charge in [0.25, 0.3) is 11.8 Å². The molecule has 1 heterocycles. The van der Waals surface area contributed by atoms with Gasteiger partial charge in [0.15, 0.2) is 6.61 Å². The Balaban J connectivity index is 1.35. The lowest BCUT2D eigenvalue weighted by Gasteiger charge is -2.10. The molecular formula is C22H18N4O4. The molecule has 8 heteroatoms. The number of hydrogen-bond donors (Lipinski definition) is 4. The topological polar surface area (TPSA) is 116 Å². The van der Waals surface area contributed by atoms with E-state index in [2.05, 4.69) is 20.6 Å². The first-order chi connectivity index (χ1) is 14.6. The highest BCUT2D eigenvalue weighted by molar-refractivity contribution is 6.04. The van der Waals surface area contributed by atoms with Crippen molar-refractivity contribution in [2.45, 2.75) is 0 Å². The summed E-state index contributed by atoms with van der Waals surface area (Å²) in [5.74, 6) is -0.143. The second-order valence-corrected chi connectivity index (χ2v) is 6.52. The molecule has 2 amide bonds. The summed E-state index contributed by atoms with van der Waals surface area (Å²) in [6, 6.07) is 20.7. The number of aromatic amines is 2. The molecule has 1 aromatic heterocycles. The zero-order valence-electron chi connectivity index (χ0n) is 15.8. The molecule has 8 nitrogen and oxygen atoms in total. The Kier molecular flexibility index (Phi) is 5.29. The van der Waals surface area contributed by atoms with Gasteiger partial charge < -0.3 is 25.3 Å². The highest BCUT2D eigenvalue weighted by atomic mass is 16.5. The van der Waals surface area contributed by atoms with E-state index in [9.17, 15) is 14.4 Å². The largest absolute Gasteiger partial charge is 0.484 e. The van der Waals surface area contributed by atoms with Crippen LogP contribution < -0.4 is 21.1 Å². The van der Waals surface area contributed by atoms with Gasteiger partial charge in [-0.3, -0.25) is 9.59 Å². The van der Waals surface area contributed by atoms with Crippen LogP contribution in [-0.2, 0) is 4.79 Å².